The SMILES string of the molecule is CC(O)C(NC(=O)C(CCCN=C(N)N)NC(=O)C(N)CCC(N)=O)C(=O)NC(Cc1ccc(O)cc1)C(=O)O. The van der Waals surface area contributed by atoms with E-state index in [1.54, 1.807) is 0 Å². The summed E-state index contributed by atoms with van der Waals surface area (Å²) in [6, 6.07) is 0.259. The van der Waals surface area contributed by atoms with Gasteiger partial charge in [-0.3, -0.25) is 24.2 Å². The van der Waals surface area contributed by atoms with Gasteiger partial charge >= 0.3 is 5.97 Å². The van der Waals surface area contributed by atoms with Gasteiger partial charge < -0.3 is 54.2 Å². The molecule has 4 amide bonds. The van der Waals surface area contributed by atoms with Crippen LogP contribution in [-0.2, 0) is 30.4 Å². The number of nitrogens with one attached hydrogen (secondary N) is 3. The number of nitrogens with zero attached hydrogens (tertiary/aromatic N) is 1. The van der Waals surface area contributed by atoms with Crippen LogP contribution < -0.4 is 38.9 Å². The summed E-state index contributed by atoms with van der Waals surface area (Å²) in [7, 11) is 0. The standard InChI is InChI=1S/C24H38N8O8/c1-12(33)19(22(38)31-17(23(39)40)11-13-4-6-14(34)7-5-13)32-21(37)16(3-2-10-29-24(27)28)30-20(36)15(25)8-9-18(26)35/h4-7,12,15-17,19,33-34H,2-3,8-11,25H2,1H3,(H2,26,35)(H,30,36)(H,31,38)(H,32,37)(H,39,40)(H4,27,28,29). The number of primary amides is 1. The number of carbonyl (C=O) groups is 5. The van der Waals surface area contributed by atoms with E-state index in [0.29, 0.717) is 5.56 Å². The predicted octanol–water partition coefficient (Wildman–Crippen LogP) is -3.50. The fraction of sp³-hybridized carbons (Fsp3) is 0.500. The zero-order valence-corrected chi connectivity index (χ0v) is 22.1. The van der Waals surface area contributed by atoms with Gasteiger partial charge in [0.2, 0.25) is 23.6 Å². The van der Waals surface area contributed by atoms with Crippen LogP contribution in [0.1, 0.15) is 38.2 Å². The molecule has 14 N–H and O–H groups in total. The van der Waals surface area contributed by atoms with Gasteiger partial charge in [-0.2, -0.15) is 0 Å². The predicted molar refractivity (Wildman–Crippen MR) is 143 cm³/mol. The van der Waals surface area contributed by atoms with E-state index in [9.17, 15) is 39.3 Å². The van der Waals surface area contributed by atoms with E-state index in [-0.39, 0.29) is 50.4 Å². The lowest BCUT2D eigenvalue weighted by molar-refractivity contribution is -0.143. The number of carboxylic acid groups (broad SMARTS) is 1. The van der Waals surface area contributed by atoms with Crippen LogP contribution in [0.5, 0.6) is 5.75 Å². The molecule has 1 aromatic carbocycles. The molecule has 40 heavy (non-hydrogen) atoms. The van der Waals surface area contributed by atoms with Gasteiger partial charge in [-0.05, 0) is 43.9 Å². The molecular weight excluding hydrogens is 528 g/mol. The molecule has 1 aromatic rings. The van der Waals surface area contributed by atoms with Crippen LogP contribution in [0.15, 0.2) is 29.3 Å². The van der Waals surface area contributed by atoms with E-state index in [0.717, 1.165) is 0 Å². The monoisotopic (exact) mass is 566 g/mol. The number of carbonyl (C=O) groups excluding carboxylic acids is 4. The number of benzene rings is 1. The van der Waals surface area contributed by atoms with Gasteiger partial charge in [-0.25, -0.2) is 4.79 Å². The van der Waals surface area contributed by atoms with Crippen molar-refractivity contribution in [1.29, 1.82) is 0 Å². The normalized spacial score (nSPS) is 14.5. The maximum absolute atomic E-state index is 13.1. The van der Waals surface area contributed by atoms with Crippen molar-refractivity contribution in [1.82, 2.24) is 16.0 Å². The maximum atomic E-state index is 13.1. The van der Waals surface area contributed by atoms with E-state index in [1.165, 1.54) is 31.2 Å². The number of nitrogens with two attached hydrogens (primary N) is 4. The molecule has 0 bridgehead atoms. The molecule has 16 nitrogen and oxygen atoms in total. The Bertz CT molecular complexity index is 1060. The summed E-state index contributed by atoms with van der Waals surface area (Å²) >= 11 is 0. The van der Waals surface area contributed by atoms with Crippen LogP contribution in [0.2, 0.25) is 0 Å². The molecule has 0 aliphatic heterocycles. The summed E-state index contributed by atoms with van der Waals surface area (Å²) < 4.78 is 0. The zero-order chi connectivity index (χ0) is 30.4. The molecule has 0 heterocycles. The molecule has 16 heteroatoms. The van der Waals surface area contributed by atoms with Crippen molar-refractivity contribution >= 4 is 35.6 Å². The number of phenolic OH excluding ortho intramolecular Hbond substituents is 1. The van der Waals surface area contributed by atoms with Crippen LogP contribution in [0.25, 0.3) is 0 Å². The molecule has 0 aliphatic carbocycles. The Morgan fingerprint density at radius 3 is 2.02 bits per heavy atom. The number of aliphatic hydroxyl groups excluding tert-OH is 1. The van der Waals surface area contributed by atoms with E-state index >= 15 is 0 Å². The lowest BCUT2D eigenvalue weighted by atomic mass is 10.0. The van der Waals surface area contributed by atoms with Crippen molar-refractivity contribution in [2.45, 2.75) is 69.3 Å². The molecule has 0 aliphatic rings. The van der Waals surface area contributed by atoms with Gasteiger partial charge in [0.1, 0.15) is 23.9 Å². The van der Waals surface area contributed by atoms with Crippen LogP contribution in [0.4, 0.5) is 0 Å². The highest BCUT2D eigenvalue weighted by atomic mass is 16.4. The largest absolute Gasteiger partial charge is 0.508 e. The number of rotatable bonds is 17. The quantitative estimate of drug-likeness (QED) is 0.0501. The first kappa shape index (κ1) is 33.6. The number of aliphatic hydroxyl groups is 1. The fourth-order valence-electron chi connectivity index (χ4n) is 3.47. The summed E-state index contributed by atoms with van der Waals surface area (Å²) in [5, 5.41) is 36.3. The molecule has 222 valence electrons. The number of guanidine groups is 1. The van der Waals surface area contributed by atoms with Gasteiger partial charge in [0.15, 0.2) is 5.96 Å². The Morgan fingerprint density at radius 1 is 0.900 bits per heavy atom. The first-order valence-corrected chi connectivity index (χ1v) is 12.4. The van der Waals surface area contributed by atoms with Crippen LogP contribution in [-0.4, -0.2) is 87.7 Å². The molecule has 0 radical (unpaired) electrons. The Morgan fingerprint density at radius 2 is 1.50 bits per heavy atom. The zero-order valence-electron chi connectivity index (χ0n) is 22.1. The van der Waals surface area contributed by atoms with Crippen molar-refractivity contribution < 1.29 is 39.3 Å². The smallest absolute Gasteiger partial charge is 0.326 e. The summed E-state index contributed by atoms with van der Waals surface area (Å²) in [4.78, 5) is 65.1. The van der Waals surface area contributed by atoms with Crippen molar-refractivity contribution in [3.05, 3.63) is 29.8 Å². The Labute approximate surface area is 230 Å². The molecule has 5 atom stereocenters. The van der Waals surface area contributed by atoms with E-state index in [4.69, 9.17) is 22.9 Å². The number of hydrogen-bond acceptors (Lipinski definition) is 9. The second kappa shape index (κ2) is 16.5. The number of phenols is 1. The van der Waals surface area contributed by atoms with Gasteiger partial charge in [-0.1, -0.05) is 12.1 Å². The summed E-state index contributed by atoms with van der Waals surface area (Å²) in [5.74, 6) is -4.85. The van der Waals surface area contributed by atoms with Crippen LogP contribution in [0, 0.1) is 0 Å². The average Bonchev–Trinajstić information content (AvgIpc) is 2.87. The third-order valence-electron chi connectivity index (χ3n) is 5.67. The molecular formula is C24H38N8O8. The van der Waals surface area contributed by atoms with Crippen LogP contribution in [0.3, 0.4) is 0 Å². The molecule has 0 saturated heterocycles. The molecule has 0 spiro atoms. The Balaban J connectivity index is 3.01. The van der Waals surface area contributed by atoms with Gasteiger partial charge in [0.05, 0.1) is 12.1 Å². The summed E-state index contributed by atoms with van der Waals surface area (Å²) in [5.41, 5.74) is 21.9. The second-order valence-electron chi connectivity index (χ2n) is 9.12. The number of hydrogen-bond donors (Lipinski definition) is 10. The number of amides is 4. The molecule has 5 unspecified atom stereocenters. The molecule has 0 saturated carbocycles. The van der Waals surface area contributed by atoms with E-state index < -0.39 is 59.9 Å². The second-order valence-corrected chi connectivity index (χ2v) is 9.12. The third-order valence-corrected chi connectivity index (χ3v) is 5.67. The van der Waals surface area contributed by atoms with Crippen molar-refractivity contribution in [3.8, 4) is 5.75 Å². The average molecular weight is 567 g/mol. The number of aliphatic imine (C=N–C) groups is 1. The van der Waals surface area contributed by atoms with Crippen LogP contribution >= 0.6 is 0 Å². The number of aliphatic carboxylic acids is 1. The van der Waals surface area contributed by atoms with E-state index in [2.05, 4.69) is 20.9 Å². The van der Waals surface area contributed by atoms with Crippen molar-refractivity contribution in [2.75, 3.05) is 6.54 Å². The van der Waals surface area contributed by atoms with Gasteiger partial charge in [0.25, 0.3) is 0 Å². The van der Waals surface area contributed by atoms with Gasteiger partial charge in [-0.15, -0.1) is 0 Å². The van der Waals surface area contributed by atoms with Crippen molar-refractivity contribution in [2.24, 2.45) is 27.9 Å². The molecule has 1 rings (SSSR count). The number of carboxylic acids is 1. The topological polar surface area (TPSA) is 299 Å². The highest BCUT2D eigenvalue weighted by molar-refractivity contribution is 5.94. The highest BCUT2D eigenvalue weighted by Crippen LogP contribution is 2.12. The molecule has 0 fully saturated rings. The minimum Gasteiger partial charge on any atom is -0.508 e. The summed E-state index contributed by atoms with van der Waals surface area (Å²) in [6.07, 6.45) is -1.60. The van der Waals surface area contributed by atoms with Crippen molar-refractivity contribution in [3.63, 3.8) is 0 Å². The Hall–Kier alpha value is -4.44. The van der Waals surface area contributed by atoms with E-state index in [1.807, 2.05) is 0 Å². The minimum atomic E-state index is -1.59. The lowest BCUT2D eigenvalue weighted by Gasteiger charge is -2.26. The highest BCUT2D eigenvalue weighted by Gasteiger charge is 2.32. The summed E-state index contributed by atoms with van der Waals surface area (Å²) in [6.45, 7) is 1.33. The number of aromatic hydroxyl groups is 1. The molecule has 0 aromatic heterocycles. The third kappa shape index (κ3) is 12.4. The first-order chi connectivity index (χ1) is 18.7. The first-order valence-electron chi connectivity index (χ1n) is 12.4. The lowest BCUT2D eigenvalue weighted by Crippen LogP contribution is -2.60. The fourth-order valence-corrected chi connectivity index (χ4v) is 3.47. The van der Waals surface area contributed by atoms with Gasteiger partial charge in [0, 0.05) is 19.4 Å². The Kier molecular flexibility index (Phi) is 13.9. The maximum Gasteiger partial charge on any atom is 0.326 e. The minimum absolute atomic E-state index is 0.00362.